The number of halogens is 2. The fourth-order valence-electron chi connectivity index (χ4n) is 4.02. The molecule has 0 aliphatic carbocycles. The number of nitro benzene ring substituents is 1. The molecule has 1 amide bonds. The predicted octanol–water partition coefficient (Wildman–Crippen LogP) is 4.18. The van der Waals surface area contributed by atoms with Crippen molar-refractivity contribution in [1.29, 1.82) is 0 Å². The molecule has 1 saturated heterocycles. The number of benzene rings is 2. The first-order chi connectivity index (χ1) is 16.2. The number of non-ortho nitro benzene ring substituents is 1. The Hall–Kier alpha value is -3.61. The zero-order chi connectivity index (χ0) is 24.6. The lowest BCUT2D eigenvalue weighted by atomic mass is 10.1. The highest BCUT2D eigenvalue weighted by Gasteiger charge is 2.29. The van der Waals surface area contributed by atoms with Gasteiger partial charge in [0.05, 0.1) is 10.5 Å². The standard InChI is InChI=1S/C21H21F2N7O3S/c1-11-4-5-12(2)29(11)14-9-16(22)19(17(23)10-14)24-20(31)15-8-13(30(32)33)6-7-18(15)34-21-25-26-27-28(21)3/h6-12H,4-5H2,1-3H3,(H,24,31). The molecule has 1 fully saturated rings. The molecule has 0 spiro atoms. The maximum atomic E-state index is 14.9. The lowest BCUT2D eigenvalue weighted by Gasteiger charge is -2.29. The first kappa shape index (κ1) is 23.5. The third-order valence-corrected chi connectivity index (χ3v) is 6.82. The Kier molecular flexibility index (Phi) is 6.46. The summed E-state index contributed by atoms with van der Waals surface area (Å²) in [6.45, 7) is 3.98. The van der Waals surface area contributed by atoms with E-state index in [0.717, 1.165) is 30.7 Å². The molecule has 1 aliphatic rings. The molecule has 1 aliphatic heterocycles. The highest BCUT2D eigenvalue weighted by molar-refractivity contribution is 7.99. The van der Waals surface area contributed by atoms with Crippen molar-refractivity contribution in [2.24, 2.45) is 7.05 Å². The molecule has 178 valence electrons. The van der Waals surface area contributed by atoms with E-state index in [9.17, 15) is 23.7 Å². The van der Waals surface area contributed by atoms with Crippen molar-refractivity contribution in [3.05, 3.63) is 57.6 Å². The van der Waals surface area contributed by atoms with Crippen LogP contribution in [-0.4, -0.2) is 43.1 Å². The first-order valence-corrected chi connectivity index (χ1v) is 11.2. The van der Waals surface area contributed by atoms with Crippen molar-refractivity contribution in [2.45, 2.75) is 48.8 Å². The van der Waals surface area contributed by atoms with Gasteiger partial charge in [-0.05, 0) is 67.1 Å². The monoisotopic (exact) mass is 489 g/mol. The second kappa shape index (κ2) is 9.33. The maximum absolute atomic E-state index is 14.9. The van der Waals surface area contributed by atoms with Crippen LogP contribution in [-0.2, 0) is 7.05 Å². The Bertz CT molecular complexity index is 1240. The highest BCUT2D eigenvalue weighted by Crippen LogP contribution is 2.35. The molecule has 2 unspecified atom stereocenters. The molecular weight excluding hydrogens is 468 g/mol. The number of nitrogens with zero attached hydrogens (tertiary/aromatic N) is 6. The van der Waals surface area contributed by atoms with Crippen LogP contribution in [0.5, 0.6) is 0 Å². The number of nitrogens with one attached hydrogen (secondary N) is 1. The quantitative estimate of drug-likeness (QED) is 0.405. The normalized spacial score (nSPS) is 17.7. The average molecular weight is 490 g/mol. The van der Waals surface area contributed by atoms with Gasteiger partial charge in [0.2, 0.25) is 5.16 Å². The molecule has 34 heavy (non-hydrogen) atoms. The number of tetrazole rings is 1. The van der Waals surface area contributed by atoms with Crippen LogP contribution in [0.2, 0.25) is 0 Å². The molecule has 0 radical (unpaired) electrons. The van der Waals surface area contributed by atoms with E-state index in [4.69, 9.17) is 0 Å². The Morgan fingerprint density at radius 3 is 2.38 bits per heavy atom. The molecule has 2 heterocycles. The summed E-state index contributed by atoms with van der Waals surface area (Å²) in [4.78, 5) is 25.8. The van der Waals surface area contributed by atoms with E-state index < -0.39 is 28.2 Å². The van der Waals surface area contributed by atoms with E-state index in [1.54, 1.807) is 7.05 Å². The van der Waals surface area contributed by atoms with E-state index in [2.05, 4.69) is 20.8 Å². The largest absolute Gasteiger partial charge is 0.366 e. The number of anilines is 2. The van der Waals surface area contributed by atoms with Crippen LogP contribution in [0.4, 0.5) is 25.8 Å². The number of carbonyl (C=O) groups excluding carboxylic acids is 1. The van der Waals surface area contributed by atoms with Crippen molar-refractivity contribution in [3.63, 3.8) is 0 Å². The van der Waals surface area contributed by atoms with Crippen LogP contribution in [0.25, 0.3) is 0 Å². The molecule has 1 N–H and O–H groups in total. The van der Waals surface area contributed by atoms with Crippen molar-refractivity contribution in [3.8, 4) is 0 Å². The number of hydrogen-bond donors (Lipinski definition) is 1. The van der Waals surface area contributed by atoms with Gasteiger partial charge in [-0.25, -0.2) is 13.5 Å². The van der Waals surface area contributed by atoms with Crippen molar-refractivity contribution < 1.29 is 18.5 Å². The zero-order valence-corrected chi connectivity index (χ0v) is 19.3. The number of nitro groups is 1. The van der Waals surface area contributed by atoms with Gasteiger partial charge in [0.25, 0.3) is 11.6 Å². The second-order valence-electron chi connectivity index (χ2n) is 8.05. The molecule has 2 aromatic carbocycles. The zero-order valence-electron chi connectivity index (χ0n) is 18.5. The SMILES string of the molecule is CC1CCC(C)N1c1cc(F)c(NC(=O)c2cc([N+](=O)[O-])ccc2Sc2nnnn2C)c(F)c1. The number of aromatic nitrogens is 4. The van der Waals surface area contributed by atoms with Gasteiger partial charge in [-0.3, -0.25) is 14.9 Å². The summed E-state index contributed by atoms with van der Waals surface area (Å²) in [5, 5.41) is 24.8. The van der Waals surface area contributed by atoms with E-state index >= 15 is 0 Å². The summed E-state index contributed by atoms with van der Waals surface area (Å²) in [5.74, 6) is -2.78. The summed E-state index contributed by atoms with van der Waals surface area (Å²) in [6, 6.07) is 6.26. The van der Waals surface area contributed by atoms with Crippen LogP contribution < -0.4 is 10.2 Å². The Labute approximate surface area is 197 Å². The smallest absolute Gasteiger partial charge is 0.270 e. The fraction of sp³-hybridized carbons (Fsp3) is 0.333. The Morgan fingerprint density at radius 1 is 1.18 bits per heavy atom. The molecule has 13 heteroatoms. The van der Waals surface area contributed by atoms with Crippen LogP contribution >= 0.6 is 11.8 Å². The molecule has 0 saturated carbocycles. The summed E-state index contributed by atoms with van der Waals surface area (Å²) < 4.78 is 31.2. The second-order valence-corrected chi connectivity index (χ2v) is 9.06. The number of aryl methyl sites for hydroxylation is 1. The van der Waals surface area contributed by atoms with Crippen LogP contribution in [0.1, 0.15) is 37.0 Å². The Balaban J connectivity index is 1.66. The van der Waals surface area contributed by atoms with Crippen LogP contribution in [0, 0.1) is 21.7 Å². The summed E-state index contributed by atoms with van der Waals surface area (Å²) in [7, 11) is 1.59. The first-order valence-electron chi connectivity index (χ1n) is 10.4. The van der Waals surface area contributed by atoms with Gasteiger partial charge >= 0.3 is 0 Å². The van der Waals surface area contributed by atoms with E-state index in [-0.39, 0.29) is 28.2 Å². The fourth-order valence-corrected chi connectivity index (χ4v) is 4.86. The van der Waals surface area contributed by atoms with Gasteiger partial charge < -0.3 is 10.2 Å². The maximum Gasteiger partial charge on any atom is 0.270 e. The predicted molar refractivity (Wildman–Crippen MR) is 121 cm³/mol. The van der Waals surface area contributed by atoms with E-state index in [1.165, 1.54) is 28.9 Å². The molecule has 10 nitrogen and oxygen atoms in total. The molecule has 2 atom stereocenters. The summed E-state index contributed by atoms with van der Waals surface area (Å²) >= 11 is 0.984. The number of amides is 1. The average Bonchev–Trinajstić information content (AvgIpc) is 3.34. The van der Waals surface area contributed by atoms with Crippen LogP contribution in [0.15, 0.2) is 40.4 Å². The van der Waals surface area contributed by atoms with E-state index in [0.29, 0.717) is 10.8 Å². The molecule has 3 aromatic rings. The molecule has 0 bridgehead atoms. The third-order valence-electron chi connectivity index (χ3n) is 5.72. The lowest BCUT2D eigenvalue weighted by Crippen LogP contribution is -2.32. The van der Waals surface area contributed by atoms with E-state index in [1.807, 2.05) is 18.7 Å². The highest BCUT2D eigenvalue weighted by atomic mass is 32.2. The minimum absolute atomic E-state index is 0.133. The van der Waals surface area contributed by atoms with Gasteiger partial charge in [0.1, 0.15) is 5.69 Å². The molecular formula is C21H21F2N7O3S. The lowest BCUT2D eigenvalue weighted by molar-refractivity contribution is -0.384. The van der Waals surface area contributed by atoms with Gasteiger partial charge in [0, 0.05) is 41.8 Å². The topological polar surface area (TPSA) is 119 Å². The van der Waals surface area contributed by atoms with Gasteiger partial charge in [0.15, 0.2) is 11.6 Å². The summed E-state index contributed by atoms with van der Waals surface area (Å²) in [5.41, 5.74) is -0.728. The van der Waals surface area contributed by atoms with Crippen molar-refractivity contribution in [1.82, 2.24) is 20.2 Å². The molecule has 1 aromatic heterocycles. The Morgan fingerprint density at radius 2 is 1.82 bits per heavy atom. The van der Waals surface area contributed by atoms with Crippen LogP contribution in [0.3, 0.4) is 0 Å². The number of carbonyl (C=O) groups is 1. The summed E-state index contributed by atoms with van der Waals surface area (Å²) in [6.07, 6.45) is 1.83. The van der Waals surface area contributed by atoms with Crippen molar-refractivity contribution >= 4 is 34.7 Å². The van der Waals surface area contributed by atoms with Gasteiger partial charge in [-0.1, -0.05) is 0 Å². The number of hydrogen-bond acceptors (Lipinski definition) is 8. The number of rotatable bonds is 6. The van der Waals surface area contributed by atoms with Gasteiger partial charge in [-0.15, -0.1) is 5.10 Å². The minimum atomic E-state index is -0.938. The van der Waals surface area contributed by atoms with Gasteiger partial charge in [-0.2, -0.15) is 0 Å². The minimum Gasteiger partial charge on any atom is -0.366 e. The third kappa shape index (κ3) is 4.55. The molecule has 4 rings (SSSR count). The van der Waals surface area contributed by atoms with Crippen molar-refractivity contribution in [2.75, 3.05) is 10.2 Å².